The normalized spacial score (nSPS) is 34.2. The van der Waals surface area contributed by atoms with Gasteiger partial charge >= 0.3 is 0 Å². The molecule has 2 aliphatic rings. The predicted molar refractivity (Wildman–Crippen MR) is 62.1 cm³/mol. The lowest BCUT2D eigenvalue weighted by molar-refractivity contribution is 0.107. The van der Waals surface area contributed by atoms with E-state index in [0.717, 1.165) is 19.2 Å². The summed E-state index contributed by atoms with van der Waals surface area (Å²) in [5.41, 5.74) is 0. The monoisotopic (exact) mass is 212 g/mol. The molecule has 2 aliphatic heterocycles. The van der Waals surface area contributed by atoms with Crippen molar-refractivity contribution >= 4 is 0 Å². The van der Waals surface area contributed by atoms with E-state index in [9.17, 15) is 0 Å². The molecule has 0 bridgehead atoms. The Labute approximate surface area is 93.2 Å². The molecule has 3 heteroatoms. The van der Waals surface area contributed by atoms with Gasteiger partial charge in [-0.2, -0.15) is 0 Å². The summed E-state index contributed by atoms with van der Waals surface area (Å²) in [6.07, 6.45) is 6.95. The second-order valence-corrected chi connectivity index (χ2v) is 4.97. The number of likely N-dealkylation sites (tertiary alicyclic amines) is 1. The van der Waals surface area contributed by atoms with Gasteiger partial charge in [0.15, 0.2) is 0 Å². The first-order valence-corrected chi connectivity index (χ1v) is 6.38. The molecule has 2 atom stereocenters. The fourth-order valence-corrected chi connectivity index (χ4v) is 2.55. The first-order valence-electron chi connectivity index (χ1n) is 6.38. The van der Waals surface area contributed by atoms with Crippen molar-refractivity contribution < 1.29 is 4.74 Å². The number of ether oxygens (including phenoxy) is 1. The van der Waals surface area contributed by atoms with Crippen LogP contribution in [0.25, 0.3) is 0 Å². The van der Waals surface area contributed by atoms with Crippen LogP contribution < -0.4 is 5.32 Å². The Bertz CT molecular complexity index is 180. The van der Waals surface area contributed by atoms with Crippen LogP contribution in [0, 0.1) is 0 Å². The van der Waals surface area contributed by atoms with Crippen LogP contribution in [0.2, 0.25) is 0 Å². The van der Waals surface area contributed by atoms with Crippen molar-refractivity contribution in [1.82, 2.24) is 10.2 Å². The molecule has 0 aromatic rings. The number of nitrogens with zero attached hydrogens (tertiary/aromatic N) is 1. The number of hydrogen-bond donors (Lipinski definition) is 1. The Morgan fingerprint density at radius 2 is 2.13 bits per heavy atom. The van der Waals surface area contributed by atoms with E-state index in [2.05, 4.69) is 17.3 Å². The maximum Gasteiger partial charge on any atom is 0.0700 e. The second-order valence-electron chi connectivity index (χ2n) is 4.97. The summed E-state index contributed by atoms with van der Waals surface area (Å²) < 4.78 is 5.62. The van der Waals surface area contributed by atoms with Crippen molar-refractivity contribution in [3.8, 4) is 0 Å². The third kappa shape index (κ3) is 3.74. The largest absolute Gasteiger partial charge is 0.377 e. The molecule has 0 saturated carbocycles. The number of rotatable bonds is 3. The Balaban J connectivity index is 1.64. The average molecular weight is 212 g/mol. The summed E-state index contributed by atoms with van der Waals surface area (Å²) in [4.78, 5) is 2.44. The van der Waals surface area contributed by atoms with Gasteiger partial charge in [-0.05, 0) is 52.2 Å². The summed E-state index contributed by atoms with van der Waals surface area (Å²) in [5, 5.41) is 3.67. The molecule has 0 aromatic heterocycles. The van der Waals surface area contributed by atoms with Gasteiger partial charge in [-0.1, -0.05) is 0 Å². The summed E-state index contributed by atoms with van der Waals surface area (Å²) >= 11 is 0. The Hall–Kier alpha value is -0.120. The molecule has 2 fully saturated rings. The highest BCUT2D eigenvalue weighted by Crippen LogP contribution is 2.13. The summed E-state index contributed by atoms with van der Waals surface area (Å²) in [6, 6.07) is 0.721. The summed E-state index contributed by atoms with van der Waals surface area (Å²) in [7, 11) is 2.22. The molecular weight excluding hydrogens is 188 g/mol. The van der Waals surface area contributed by atoms with E-state index in [0.29, 0.717) is 6.10 Å². The quantitative estimate of drug-likeness (QED) is 0.762. The van der Waals surface area contributed by atoms with Crippen LogP contribution in [0.1, 0.15) is 32.1 Å². The van der Waals surface area contributed by atoms with Crippen LogP contribution in [-0.2, 0) is 4.74 Å². The topological polar surface area (TPSA) is 24.5 Å². The molecule has 2 unspecified atom stereocenters. The number of nitrogens with one attached hydrogen (secondary N) is 1. The zero-order valence-electron chi connectivity index (χ0n) is 9.87. The molecule has 0 aromatic carbocycles. The van der Waals surface area contributed by atoms with Gasteiger partial charge < -0.3 is 15.0 Å². The van der Waals surface area contributed by atoms with Crippen molar-refractivity contribution in [2.45, 2.75) is 44.2 Å². The van der Waals surface area contributed by atoms with E-state index in [1.807, 2.05) is 0 Å². The molecule has 3 nitrogen and oxygen atoms in total. The van der Waals surface area contributed by atoms with E-state index in [1.54, 1.807) is 0 Å². The van der Waals surface area contributed by atoms with Gasteiger partial charge in [0.1, 0.15) is 0 Å². The molecule has 2 heterocycles. The Morgan fingerprint density at radius 3 is 2.93 bits per heavy atom. The molecule has 0 spiro atoms. The Morgan fingerprint density at radius 1 is 1.20 bits per heavy atom. The molecule has 1 N–H and O–H groups in total. The SMILES string of the molecule is CN1CCCC(NCC2CCCO2)CC1. The lowest BCUT2D eigenvalue weighted by atomic mass is 10.1. The molecule has 0 radical (unpaired) electrons. The van der Waals surface area contributed by atoms with E-state index in [-0.39, 0.29) is 0 Å². The fourth-order valence-electron chi connectivity index (χ4n) is 2.55. The minimum Gasteiger partial charge on any atom is -0.377 e. The highest BCUT2D eigenvalue weighted by molar-refractivity contribution is 4.76. The van der Waals surface area contributed by atoms with E-state index >= 15 is 0 Å². The van der Waals surface area contributed by atoms with Gasteiger partial charge in [0.2, 0.25) is 0 Å². The van der Waals surface area contributed by atoms with E-state index in [4.69, 9.17) is 4.74 Å². The Kier molecular flexibility index (Phi) is 4.42. The minimum absolute atomic E-state index is 0.492. The molecule has 0 aliphatic carbocycles. The van der Waals surface area contributed by atoms with Crippen LogP contribution in [0.3, 0.4) is 0 Å². The standard InChI is InChI=1S/C12H24N2O/c1-14-7-2-4-11(6-8-14)13-10-12-5-3-9-15-12/h11-13H,2-10H2,1H3. The molecule has 88 valence electrons. The summed E-state index contributed by atoms with van der Waals surface area (Å²) in [5.74, 6) is 0. The molecular formula is C12H24N2O. The number of hydrogen-bond acceptors (Lipinski definition) is 3. The fraction of sp³-hybridized carbons (Fsp3) is 1.00. The average Bonchev–Trinajstić information content (AvgIpc) is 2.66. The van der Waals surface area contributed by atoms with Gasteiger partial charge in [-0.3, -0.25) is 0 Å². The zero-order chi connectivity index (χ0) is 10.5. The van der Waals surface area contributed by atoms with Crippen LogP contribution in [0.15, 0.2) is 0 Å². The van der Waals surface area contributed by atoms with Crippen LogP contribution >= 0.6 is 0 Å². The maximum atomic E-state index is 5.62. The maximum absolute atomic E-state index is 5.62. The smallest absolute Gasteiger partial charge is 0.0700 e. The van der Waals surface area contributed by atoms with Crippen molar-refractivity contribution in [1.29, 1.82) is 0 Å². The third-order valence-electron chi connectivity index (χ3n) is 3.61. The lowest BCUT2D eigenvalue weighted by Gasteiger charge is -2.19. The first kappa shape index (κ1) is 11.4. The second kappa shape index (κ2) is 5.83. The van der Waals surface area contributed by atoms with Crippen LogP contribution in [0.5, 0.6) is 0 Å². The predicted octanol–water partition coefficient (Wildman–Crippen LogP) is 1.24. The molecule has 2 rings (SSSR count). The van der Waals surface area contributed by atoms with Gasteiger partial charge in [0.25, 0.3) is 0 Å². The lowest BCUT2D eigenvalue weighted by Crippen LogP contribution is -2.36. The first-order chi connectivity index (χ1) is 7.34. The van der Waals surface area contributed by atoms with Gasteiger partial charge in [-0.25, -0.2) is 0 Å². The van der Waals surface area contributed by atoms with Gasteiger partial charge in [0, 0.05) is 19.2 Å². The van der Waals surface area contributed by atoms with Crippen molar-refractivity contribution in [2.24, 2.45) is 0 Å². The van der Waals surface area contributed by atoms with Crippen LogP contribution in [-0.4, -0.2) is 50.3 Å². The third-order valence-corrected chi connectivity index (χ3v) is 3.61. The molecule has 2 saturated heterocycles. The van der Waals surface area contributed by atoms with Crippen molar-refractivity contribution in [2.75, 3.05) is 33.3 Å². The summed E-state index contributed by atoms with van der Waals surface area (Å²) in [6.45, 7) is 4.54. The molecule has 15 heavy (non-hydrogen) atoms. The van der Waals surface area contributed by atoms with Crippen molar-refractivity contribution in [3.05, 3.63) is 0 Å². The van der Waals surface area contributed by atoms with Crippen LogP contribution in [0.4, 0.5) is 0 Å². The van der Waals surface area contributed by atoms with Gasteiger partial charge in [-0.15, -0.1) is 0 Å². The van der Waals surface area contributed by atoms with Gasteiger partial charge in [0.05, 0.1) is 6.10 Å². The minimum atomic E-state index is 0.492. The van der Waals surface area contributed by atoms with E-state index < -0.39 is 0 Å². The van der Waals surface area contributed by atoms with Crippen molar-refractivity contribution in [3.63, 3.8) is 0 Å². The zero-order valence-corrected chi connectivity index (χ0v) is 9.87. The van der Waals surface area contributed by atoms with E-state index in [1.165, 1.54) is 45.2 Å². The highest BCUT2D eigenvalue weighted by atomic mass is 16.5. The molecule has 0 amide bonds. The highest BCUT2D eigenvalue weighted by Gasteiger charge is 2.18.